The van der Waals surface area contributed by atoms with Gasteiger partial charge in [0.15, 0.2) is 5.78 Å². The summed E-state index contributed by atoms with van der Waals surface area (Å²) in [6, 6.07) is 13.0. The molecular formula is C18H18N2O2. The summed E-state index contributed by atoms with van der Waals surface area (Å²) in [6.45, 7) is 1.90. The van der Waals surface area contributed by atoms with Gasteiger partial charge in [0.05, 0.1) is 5.52 Å². The summed E-state index contributed by atoms with van der Waals surface area (Å²) in [6.07, 6.45) is 0.875. The molecule has 22 heavy (non-hydrogen) atoms. The maximum absolute atomic E-state index is 12.1. The van der Waals surface area contributed by atoms with Gasteiger partial charge in [0.1, 0.15) is 17.1 Å². The van der Waals surface area contributed by atoms with Gasteiger partial charge in [-0.05, 0) is 25.0 Å². The molecule has 2 aromatic carbocycles. The first kappa shape index (κ1) is 14.3. The van der Waals surface area contributed by atoms with Crippen LogP contribution in [0.5, 0.6) is 5.75 Å². The van der Waals surface area contributed by atoms with Crippen LogP contribution in [0.3, 0.4) is 0 Å². The van der Waals surface area contributed by atoms with Crippen molar-refractivity contribution in [1.29, 1.82) is 0 Å². The van der Waals surface area contributed by atoms with Crippen LogP contribution in [0, 0.1) is 6.92 Å². The van der Waals surface area contributed by atoms with Crippen LogP contribution in [-0.4, -0.2) is 20.4 Å². The van der Waals surface area contributed by atoms with E-state index in [9.17, 15) is 9.90 Å². The highest BCUT2D eigenvalue weighted by Crippen LogP contribution is 2.29. The Morgan fingerprint density at radius 3 is 2.64 bits per heavy atom. The number of hydrogen-bond donors (Lipinski definition) is 1. The van der Waals surface area contributed by atoms with Gasteiger partial charge in [-0.3, -0.25) is 4.79 Å². The molecule has 0 aliphatic heterocycles. The number of ketones is 1. The highest BCUT2D eigenvalue weighted by Gasteiger charge is 2.13. The number of carbonyl (C=O) groups excluding carboxylic acids is 1. The highest BCUT2D eigenvalue weighted by molar-refractivity contribution is 5.96. The fraction of sp³-hybridized carbons (Fsp3) is 0.222. The monoisotopic (exact) mass is 294 g/mol. The number of hydrogen-bond acceptors (Lipinski definition) is 3. The summed E-state index contributed by atoms with van der Waals surface area (Å²) in [5.74, 6) is 1.11. The minimum absolute atomic E-state index is 0.0808. The van der Waals surface area contributed by atoms with Gasteiger partial charge in [-0.15, -0.1) is 0 Å². The van der Waals surface area contributed by atoms with Crippen molar-refractivity contribution in [3.05, 3.63) is 59.4 Å². The molecule has 3 aromatic rings. The largest absolute Gasteiger partial charge is 0.505 e. The Kier molecular flexibility index (Phi) is 3.67. The molecule has 1 aromatic heterocycles. The van der Waals surface area contributed by atoms with Crippen LogP contribution in [-0.2, 0) is 13.5 Å². The number of benzene rings is 2. The van der Waals surface area contributed by atoms with E-state index >= 15 is 0 Å². The molecule has 1 heterocycles. The second kappa shape index (κ2) is 5.64. The second-order valence-electron chi connectivity index (χ2n) is 5.45. The van der Waals surface area contributed by atoms with Gasteiger partial charge in [0.2, 0.25) is 0 Å². The molecule has 0 saturated carbocycles. The van der Waals surface area contributed by atoms with E-state index in [0.29, 0.717) is 23.9 Å². The summed E-state index contributed by atoms with van der Waals surface area (Å²) < 4.78 is 1.94. The van der Waals surface area contributed by atoms with Crippen molar-refractivity contribution in [3.63, 3.8) is 0 Å². The first-order chi connectivity index (χ1) is 10.6. The number of imidazole rings is 1. The van der Waals surface area contributed by atoms with Gasteiger partial charge in [-0.25, -0.2) is 4.98 Å². The van der Waals surface area contributed by atoms with E-state index in [1.807, 2.05) is 61.0 Å². The molecule has 0 fully saturated rings. The summed E-state index contributed by atoms with van der Waals surface area (Å²) in [5.41, 5.74) is 2.96. The fourth-order valence-corrected chi connectivity index (χ4v) is 2.62. The predicted molar refractivity (Wildman–Crippen MR) is 86.2 cm³/mol. The standard InChI is InChI=1S/C18H18N2O2/c1-12-19-17-15(20(12)2)10-8-14(18(17)22)9-11-16(21)13-6-4-3-5-7-13/h3-8,10,22H,9,11H2,1-2H3. The molecule has 4 heteroatoms. The average molecular weight is 294 g/mol. The quantitative estimate of drug-likeness (QED) is 0.750. The van der Waals surface area contributed by atoms with Crippen molar-refractivity contribution in [2.24, 2.45) is 7.05 Å². The van der Waals surface area contributed by atoms with E-state index in [-0.39, 0.29) is 11.5 Å². The highest BCUT2D eigenvalue weighted by atomic mass is 16.3. The van der Waals surface area contributed by atoms with Crippen molar-refractivity contribution in [1.82, 2.24) is 9.55 Å². The Hall–Kier alpha value is -2.62. The SMILES string of the molecule is Cc1nc2c(O)c(CCC(=O)c3ccccc3)ccc2n1C. The molecular weight excluding hydrogens is 276 g/mol. The number of fused-ring (bicyclic) bond motifs is 1. The Labute approximate surface area is 129 Å². The number of phenols is 1. The molecule has 3 rings (SSSR count). The Morgan fingerprint density at radius 2 is 1.91 bits per heavy atom. The lowest BCUT2D eigenvalue weighted by Crippen LogP contribution is -2.01. The Bertz CT molecular complexity index is 835. The third kappa shape index (κ3) is 2.48. The summed E-state index contributed by atoms with van der Waals surface area (Å²) in [7, 11) is 1.92. The lowest BCUT2D eigenvalue weighted by Gasteiger charge is -2.06. The zero-order chi connectivity index (χ0) is 15.7. The van der Waals surface area contributed by atoms with E-state index in [0.717, 1.165) is 16.9 Å². The lowest BCUT2D eigenvalue weighted by atomic mass is 10.0. The molecule has 0 bridgehead atoms. The minimum Gasteiger partial charge on any atom is -0.505 e. The summed E-state index contributed by atoms with van der Waals surface area (Å²) >= 11 is 0. The molecule has 0 saturated heterocycles. The molecule has 0 aliphatic carbocycles. The fourth-order valence-electron chi connectivity index (χ4n) is 2.62. The van der Waals surface area contributed by atoms with Crippen molar-refractivity contribution in [2.45, 2.75) is 19.8 Å². The van der Waals surface area contributed by atoms with Gasteiger partial charge in [-0.1, -0.05) is 36.4 Å². The van der Waals surface area contributed by atoms with E-state index in [4.69, 9.17) is 0 Å². The summed E-state index contributed by atoms with van der Waals surface area (Å²) in [4.78, 5) is 16.5. The molecule has 0 unspecified atom stereocenters. The molecule has 112 valence electrons. The van der Waals surface area contributed by atoms with Crippen molar-refractivity contribution in [3.8, 4) is 5.75 Å². The molecule has 1 N–H and O–H groups in total. The van der Waals surface area contributed by atoms with Crippen LogP contribution in [0.1, 0.15) is 28.2 Å². The maximum atomic E-state index is 12.1. The van der Waals surface area contributed by atoms with Gasteiger partial charge >= 0.3 is 0 Å². The van der Waals surface area contributed by atoms with Crippen LogP contribution in [0.2, 0.25) is 0 Å². The third-order valence-electron chi connectivity index (χ3n) is 4.05. The molecule has 0 amide bonds. The van der Waals surface area contributed by atoms with Crippen LogP contribution >= 0.6 is 0 Å². The van der Waals surface area contributed by atoms with Gasteiger partial charge < -0.3 is 9.67 Å². The molecule has 4 nitrogen and oxygen atoms in total. The number of aryl methyl sites for hydroxylation is 3. The van der Waals surface area contributed by atoms with Crippen molar-refractivity contribution in [2.75, 3.05) is 0 Å². The first-order valence-electron chi connectivity index (χ1n) is 7.30. The Morgan fingerprint density at radius 1 is 1.18 bits per heavy atom. The van der Waals surface area contributed by atoms with Gasteiger partial charge in [-0.2, -0.15) is 0 Å². The second-order valence-corrected chi connectivity index (χ2v) is 5.45. The Balaban J connectivity index is 1.83. The average Bonchev–Trinajstić information content (AvgIpc) is 2.83. The molecule has 0 aliphatic rings. The lowest BCUT2D eigenvalue weighted by molar-refractivity contribution is 0.0983. The predicted octanol–water partition coefficient (Wildman–Crippen LogP) is 3.40. The van der Waals surface area contributed by atoms with E-state index in [2.05, 4.69) is 4.98 Å². The third-order valence-corrected chi connectivity index (χ3v) is 4.05. The smallest absolute Gasteiger partial charge is 0.163 e. The van der Waals surface area contributed by atoms with Crippen LogP contribution < -0.4 is 0 Å². The number of Topliss-reactive ketones (excluding diaryl/α,β-unsaturated/α-hetero) is 1. The minimum atomic E-state index is 0.0808. The molecule has 0 spiro atoms. The normalized spacial score (nSPS) is 11.0. The van der Waals surface area contributed by atoms with E-state index in [1.54, 1.807) is 0 Å². The van der Waals surface area contributed by atoms with Crippen LogP contribution in [0.15, 0.2) is 42.5 Å². The maximum Gasteiger partial charge on any atom is 0.163 e. The van der Waals surface area contributed by atoms with Crippen molar-refractivity contribution >= 4 is 16.8 Å². The van der Waals surface area contributed by atoms with E-state index < -0.39 is 0 Å². The number of aromatic hydroxyl groups is 1. The number of aromatic nitrogens is 2. The zero-order valence-electron chi connectivity index (χ0n) is 12.7. The zero-order valence-corrected chi connectivity index (χ0v) is 12.7. The topological polar surface area (TPSA) is 55.1 Å². The number of phenolic OH excluding ortho intramolecular Hbond substituents is 1. The van der Waals surface area contributed by atoms with Gasteiger partial charge in [0, 0.05) is 19.0 Å². The summed E-state index contributed by atoms with van der Waals surface area (Å²) in [5, 5.41) is 10.4. The number of carbonyl (C=O) groups is 1. The van der Waals surface area contributed by atoms with Crippen molar-refractivity contribution < 1.29 is 9.90 Å². The number of rotatable bonds is 4. The van der Waals surface area contributed by atoms with E-state index in [1.165, 1.54) is 0 Å². The molecule has 0 radical (unpaired) electrons. The van der Waals surface area contributed by atoms with Crippen LogP contribution in [0.4, 0.5) is 0 Å². The first-order valence-corrected chi connectivity index (χ1v) is 7.30. The molecule has 0 atom stereocenters. The van der Waals surface area contributed by atoms with Gasteiger partial charge in [0.25, 0.3) is 0 Å². The van der Waals surface area contributed by atoms with Crippen LogP contribution in [0.25, 0.3) is 11.0 Å². The number of nitrogens with zero attached hydrogens (tertiary/aromatic N) is 2.